The van der Waals surface area contributed by atoms with Crippen molar-refractivity contribution in [1.29, 1.82) is 0 Å². The second kappa shape index (κ2) is 6.61. The predicted molar refractivity (Wildman–Crippen MR) is 69.9 cm³/mol. The van der Waals surface area contributed by atoms with E-state index in [2.05, 4.69) is 16.8 Å². The quantitative estimate of drug-likeness (QED) is 0.385. The van der Waals surface area contributed by atoms with Crippen molar-refractivity contribution in [3.05, 3.63) is 28.1 Å². The molecule has 1 rings (SSSR count). The zero-order valence-electron chi connectivity index (χ0n) is 9.67. The van der Waals surface area contributed by atoms with E-state index < -0.39 is 4.92 Å². The highest BCUT2D eigenvalue weighted by Crippen LogP contribution is 2.22. The van der Waals surface area contributed by atoms with Crippen LogP contribution in [0.3, 0.4) is 0 Å². The number of hydrogen-bond acceptors (Lipinski definition) is 6. The van der Waals surface area contributed by atoms with Crippen molar-refractivity contribution in [3.8, 4) is 11.8 Å². The number of nitrogen functional groups attached to an aromatic ring is 1. The van der Waals surface area contributed by atoms with Gasteiger partial charge in [-0.25, -0.2) is 0 Å². The molecule has 1 aromatic heterocycles. The molecule has 0 aromatic carbocycles. The number of rotatable bonds is 3. The van der Waals surface area contributed by atoms with Crippen molar-refractivity contribution in [1.82, 2.24) is 4.98 Å². The molecule has 2 N–H and O–H groups in total. The maximum Gasteiger partial charge on any atom is 0.311 e. The SMILES string of the molecule is CC(=O)SCCC#Cc1cncc([N+](=O)[O-])c1N. The first-order chi connectivity index (χ1) is 8.52. The largest absolute Gasteiger partial charge is 0.392 e. The molecular weight excluding hydrogens is 254 g/mol. The molecule has 18 heavy (non-hydrogen) atoms. The molecule has 0 aliphatic carbocycles. The highest BCUT2D eigenvalue weighted by molar-refractivity contribution is 8.13. The van der Waals surface area contributed by atoms with E-state index in [4.69, 9.17) is 5.73 Å². The molecule has 0 bridgehead atoms. The molecule has 0 unspecified atom stereocenters. The molecule has 0 saturated heterocycles. The monoisotopic (exact) mass is 265 g/mol. The van der Waals surface area contributed by atoms with Crippen molar-refractivity contribution in [3.63, 3.8) is 0 Å². The van der Waals surface area contributed by atoms with Crippen LogP contribution in [0.2, 0.25) is 0 Å². The van der Waals surface area contributed by atoms with E-state index in [1.54, 1.807) is 0 Å². The highest BCUT2D eigenvalue weighted by Gasteiger charge is 2.13. The summed E-state index contributed by atoms with van der Waals surface area (Å²) in [5, 5.41) is 10.7. The second-order valence-corrected chi connectivity index (χ2v) is 4.54. The first-order valence-corrected chi connectivity index (χ1v) is 6.01. The van der Waals surface area contributed by atoms with E-state index in [1.807, 2.05) is 0 Å². The number of aromatic nitrogens is 1. The fourth-order valence-electron chi connectivity index (χ4n) is 1.11. The van der Waals surface area contributed by atoms with Gasteiger partial charge >= 0.3 is 5.69 Å². The number of nitro groups is 1. The van der Waals surface area contributed by atoms with Crippen LogP contribution in [0.15, 0.2) is 12.4 Å². The summed E-state index contributed by atoms with van der Waals surface area (Å²) in [6.07, 6.45) is 2.98. The minimum absolute atomic E-state index is 0.0155. The van der Waals surface area contributed by atoms with Gasteiger partial charge in [0.15, 0.2) is 5.12 Å². The van der Waals surface area contributed by atoms with Gasteiger partial charge in [-0.1, -0.05) is 23.6 Å². The summed E-state index contributed by atoms with van der Waals surface area (Å²) in [5.41, 5.74) is 5.70. The van der Waals surface area contributed by atoms with E-state index in [1.165, 1.54) is 24.9 Å². The maximum absolute atomic E-state index is 10.7. The summed E-state index contributed by atoms with van der Waals surface area (Å²) < 4.78 is 0. The number of hydrogen-bond donors (Lipinski definition) is 1. The third-order valence-electron chi connectivity index (χ3n) is 1.92. The third-order valence-corrected chi connectivity index (χ3v) is 2.73. The second-order valence-electron chi connectivity index (χ2n) is 3.27. The van der Waals surface area contributed by atoms with Gasteiger partial charge in [-0.3, -0.25) is 19.9 Å². The fraction of sp³-hybridized carbons (Fsp3) is 0.273. The number of thioether (sulfide) groups is 1. The van der Waals surface area contributed by atoms with Crippen molar-refractivity contribution in [2.45, 2.75) is 13.3 Å². The Bertz CT molecular complexity index is 534. The lowest BCUT2D eigenvalue weighted by molar-refractivity contribution is -0.384. The summed E-state index contributed by atoms with van der Waals surface area (Å²) in [5.74, 6) is 6.10. The van der Waals surface area contributed by atoms with Gasteiger partial charge in [-0.15, -0.1) is 0 Å². The summed E-state index contributed by atoms with van der Waals surface area (Å²) in [4.78, 5) is 24.4. The van der Waals surface area contributed by atoms with Gasteiger partial charge in [0.05, 0.1) is 10.5 Å². The molecule has 0 atom stereocenters. The Balaban J connectivity index is 2.74. The number of carbonyl (C=O) groups excluding carboxylic acids is 1. The zero-order valence-corrected chi connectivity index (χ0v) is 10.5. The van der Waals surface area contributed by atoms with Crippen LogP contribution in [-0.4, -0.2) is 20.8 Å². The molecule has 0 fully saturated rings. The van der Waals surface area contributed by atoms with Gasteiger partial charge < -0.3 is 5.73 Å². The van der Waals surface area contributed by atoms with Crippen LogP contribution in [0.4, 0.5) is 11.4 Å². The number of carbonyl (C=O) groups is 1. The zero-order chi connectivity index (χ0) is 13.5. The molecule has 1 heterocycles. The molecule has 0 saturated carbocycles. The topological polar surface area (TPSA) is 99.1 Å². The van der Waals surface area contributed by atoms with Crippen molar-refractivity contribution >= 4 is 28.3 Å². The summed E-state index contributed by atoms with van der Waals surface area (Å²) in [7, 11) is 0. The smallest absolute Gasteiger partial charge is 0.311 e. The fourth-order valence-corrected chi connectivity index (χ4v) is 1.60. The molecule has 0 aliphatic heterocycles. The summed E-state index contributed by atoms with van der Waals surface area (Å²) in [6, 6.07) is 0. The number of pyridine rings is 1. The van der Waals surface area contributed by atoms with Crippen molar-refractivity contribution in [2.24, 2.45) is 0 Å². The van der Waals surface area contributed by atoms with Crippen LogP contribution in [0.1, 0.15) is 18.9 Å². The van der Waals surface area contributed by atoms with Crippen LogP contribution in [0.5, 0.6) is 0 Å². The van der Waals surface area contributed by atoms with Crippen LogP contribution in [-0.2, 0) is 4.79 Å². The normalized spacial score (nSPS) is 9.39. The Kier molecular flexibility index (Phi) is 5.14. The number of nitrogens with zero attached hydrogens (tertiary/aromatic N) is 2. The predicted octanol–water partition coefficient (Wildman–Crippen LogP) is 1.59. The highest BCUT2D eigenvalue weighted by atomic mass is 32.2. The van der Waals surface area contributed by atoms with E-state index in [9.17, 15) is 14.9 Å². The van der Waals surface area contributed by atoms with E-state index in [0.29, 0.717) is 17.7 Å². The Labute approximate surface area is 108 Å². The first kappa shape index (κ1) is 14.0. The molecule has 0 amide bonds. The Morgan fingerprint density at radius 3 is 2.94 bits per heavy atom. The van der Waals surface area contributed by atoms with E-state index >= 15 is 0 Å². The van der Waals surface area contributed by atoms with E-state index in [0.717, 1.165) is 6.20 Å². The molecule has 7 heteroatoms. The molecule has 0 spiro atoms. The molecule has 6 nitrogen and oxygen atoms in total. The molecule has 94 valence electrons. The van der Waals surface area contributed by atoms with Crippen LogP contribution >= 0.6 is 11.8 Å². The van der Waals surface area contributed by atoms with Gasteiger partial charge in [0.2, 0.25) is 0 Å². The Morgan fingerprint density at radius 2 is 2.33 bits per heavy atom. The van der Waals surface area contributed by atoms with Gasteiger partial charge in [0.25, 0.3) is 0 Å². The lowest BCUT2D eigenvalue weighted by Crippen LogP contribution is -1.99. The first-order valence-electron chi connectivity index (χ1n) is 5.02. The van der Waals surface area contributed by atoms with Gasteiger partial charge in [-0.05, 0) is 0 Å². The standard InChI is InChI=1S/C11H11N3O3S/c1-8(15)18-5-3-2-4-9-6-13-7-10(11(9)12)14(16)17/h6-7H,3,5H2,1H3,(H2,12,13). The van der Waals surface area contributed by atoms with Crippen molar-refractivity contribution in [2.75, 3.05) is 11.5 Å². The van der Waals surface area contributed by atoms with Crippen LogP contribution in [0.25, 0.3) is 0 Å². The van der Waals surface area contributed by atoms with Crippen molar-refractivity contribution < 1.29 is 9.72 Å². The number of anilines is 1. The van der Waals surface area contributed by atoms with Crippen LogP contribution in [0, 0.1) is 22.0 Å². The average molecular weight is 265 g/mol. The number of nitrogens with two attached hydrogens (primary N) is 1. The average Bonchev–Trinajstić information content (AvgIpc) is 2.30. The van der Waals surface area contributed by atoms with Gasteiger partial charge in [0, 0.05) is 25.3 Å². The molecule has 0 radical (unpaired) electrons. The molecule has 1 aromatic rings. The lowest BCUT2D eigenvalue weighted by Gasteiger charge is -1.98. The third kappa shape index (κ3) is 4.07. The Hall–Kier alpha value is -2.07. The van der Waals surface area contributed by atoms with E-state index in [-0.39, 0.29) is 16.5 Å². The summed E-state index contributed by atoms with van der Waals surface area (Å²) in [6.45, 7) is 1.49. The Morgan fingerprint density at radius 1 is 1.61 bits per heavy atom. The molecule has 0 aliphatic rings. The molecular formula is C11H11N3O3S. The van der Waals surface area contributed by atoms with Crippen LogP contribution < -0.4 is 5.73 Å². The minimum atomic E-state index is -0.598. The summed E-state index contributed by atoms with van der Waals surface area (Å²) >= 11 is 1.18. The minimum Gasteiger partial charge on any atom is -0.392 e. The maximum atomic E-state index is 10.7. The van der Waals surface area contributed by atoms with Gasteiger partial charge in [-0.2, -0.15) is 0 Å². The van der Waals surface area contributed by atoms with Gasteiger partial charge in [0.1, 0.15) is 11.9 Å². The lowest BCUT2D eigenvalue weighted by atomic mass is 10.2.